The predicted octanol–water partition coefficient (Wildman–Crippen LogP) is 3.52. The number of hydrogen-bond acceptors (Lipinski definition) is 5. The van der Waals surface area contributed by atoms with Crippen molar-refractivity contribution in [2.24, 2.45) is 13.0 Å². The van der Waals surface area contributed by atoms with Crippen LogP contribution in [-0.2, 0) is 26.3 Å². The molecule has 2 aromatic heterocycles. The minimum Gasteiger partial charge on any atom is -0.360 e. The standard InChI is InChI=1S/C27H33N5O3/c1-30-15-14-22(28-30)26(33)31(2)23(18-19-8-4-3-5-9-19)20-12-16-32(17-13-20)27(34)25-21-10-6-7-11-24(21)35-29-25/h3-5,8-9,14-15,20,23H,6-7,10-13,16-18H2,1-2H3/t23-/m0/s1. The number of benzene rings is 1. The van der Waals surface area contributed by atoms with E-state index >= 15 is 0 Å². The molecule has 2 aliphatic rings. The Balaban J connectivity index is 1.30. The van der Waals surface area contributed by atoms with Gasteiger partial charge in [-0.15, -0.1) is 0 Å². The topological polar surface area (TPSA) is 84.5 Å². The van der Waals surface area contributed by atoms with E-state index < -0.39 is 0 Å². The summed E-state index contributed by atoms with van der Waals surface area (Å²) in [6.07, 6.45) is 8.14. The van der Waals surface area contributed by atoms with Crippen LogP contribution in [0.15, 0.2) is 47.1 Å². The number of likely N-dealkylation sites (tertiary alicyclic amines) is 1. The Kier molecular flexibility index (Phi) is 6.70. The van der Waals surface area contributed by atoms with E-state index in [-0.39, 0.29) is 23.8 Å². The van der Waals surface area contributed by atoms with Gasteiger partial charge in [0.1, 0.15) is 11.5 Å². The number of likely N-dealkylation sites (N-methyl/N-ethyl adjacent to an activating group) is 1. The minimum absolute atomic E-state index is 0.0176. The molecule has 1 fully saturated rings. The molecule has 0 spiro atoms. The quantitative estimate of drug-likeness (QED) is 0.545. The predicted molar refractivity (Wildman–Crippen MR) is 131 cm³/mol. The maximum atomic E-state index is 13.3. The minimum atomic E-state index is -0.0701. The van der Waals surface area contributed by atoms with Crippen molar-refractivity contribution >= 4 is 11.8 Å². The highest BCUT2D eigenvalue weighted by molar-refractivity contribution is 5.94. The molecule has 3 heterocycles. The molecule has 8 heteroatoms. The van der Waals surface area contributed by atoms with Crippen LogP contribution in [0.3, 0.4) is 0 Å². The van der Waals surface area contributed by atoms with Crippen LogP contribution in [0.2, 0.25) is 0 Å². The third kappa shape index (κ3) is 4.88. The van der Waals surface area contributed by atoms with Gasteiger partial charge in [0.15, 0.2) is 5.69 Å². The van der Waals surface area contributed by atoms with Crippen molar-refractivity contribution in [3.8, 4) is 0 Å². The van der Waals surface area contributed by atoms with Crippen molar-refractivity contribution in [2.45, 2.75) is 51.0 Å². The molecule has 184 valence electrons. The molecule has 3 aromatic rings. The van der Waals surface area contributed by atoms with Crippen molar-refractivity contribution in [3.63, 3.8) is 0 Å². The highest BCUT2D eigenvalue weighted by Crippen LogP contribution is 2.30. The fourth-order valence-corrected chi connectivity index (χ4v) is 5.53. The van der Waals surface area contributed by atoms with Gasteiger partial charge in [-0.05, 0) is 56.1 Å². The Morgan fingerprint density at radius 2 is 1.86 bits per heavy atom. The van der Waals surface area contributed by atoms with Crippen LogP contribution in [0.4, 0.5) is 0 Å². The van der Waals surface area contributed by atoms with Gasteiger partial charge in [0.05, 0.1) is 0 Å². The number of carbonyl (C=O) groups excluding carboxylic acids is 2. The number of nitrogens with zero attached hydrogens (tertiary/aromatic N) is 5. The van der Waals surface area contributed by atoms with Gasteiger partial charge in [-0.3, -0.25) is 14.3 Å². The molecule has 0 saturated carbocycles. The van der Waals surface area contributed by atoms with E-state index in [2.05, 4.69) is 22.4 Å². The van der Waals surface area contributed by atoms with E-state index in [1.54, 1.807) is 16.9 Å². The van der Waals surface area contributed by atoms with Crippen molar-refractivity contribution in [2.75, 3.05) is 20.1 Å². The van der Waals surface area contributed by atoms with Gasteiger partial charge in [-0.2, -0.15) is 5.10 Å². The SMILES string of the molecule is CN(C(=O)c1ccn(C)n1)[C@@H](Cc1ccccc1)C1CCN(C(=O)c2noc3c2CCCC3)CC1. The van der Waals surface area contributed by atoms with Crippen LogP contribution in [0.1, 0.15) is 63.5 Å². The Bertz CT molecular complexity index is 1180. The van der Waals surface area contributed by atoms with E-state index in [0.29, 0.717) is 24.5 Å². The van der Waals surface area contributed by atoms with Gasteiger partial charge < -0.3 is 14.3 Å². The number of rotatable bonds is 6. The molecule has 0 N–H and O–H groups in total. The summed E-state index contributed by atoms with van der Waals surface area (Å²) in [7, 11) is 3.70. The van der Waals surface area contributed by atoms with E-state index in [1.807, 2.05) is 42.1 Å². The van der Waals surface area contributed by atoms with Crippen LogP contribution in [0.25, 0.3) is 0 Å². The first kappa shape index (κ1) is 23.3. The number of carbonyl (C=O) groups is 2. The molecule has 0 bridgehead atoms. The third-order valence-corrected chi connectivity index (χ3v) is 7.56. The van der Waals surface area contributed by atoms with Crippen molar-refractivity contribution in [1.82, 2.24) is 24.7 Å². The average Bonchev–Trinajstić information content (AvgIpc) is 3.53. The number of amides is 2. The van der Waals surface area contributed by atoms with Crippen LogP contribution < -0.4 is 0 Å². The number of fused-ring (bicyclic) bond motifs is 1. The highest BCUT2D eigenvalue weighted by Gasteiger charge is 2.35. The number of hydrogen-bond donors (Lipinski definition) is 0. The fraction of sp³-hybridized carbons (Fsp3) is 0.481. The smallest absolute Gasteiger partial charge is 0.276 e. The summed E-state index contributed by atoms with van der Waals surface area (Å²) in [5.41, 5.74) is 3.16. The second-order valence-electron chi connectivity index (χ2n) is 9.82. The van der Waals surface area contributed by atoms with E-state index in [9.17, 15) is 9.59 Å². The Morgan fingerprint density at radius 1 is 1.11 bits per heavy atom. The van der Waals surface area contributed by atoms with E-state index in [1.165, 1.54) is 5.56 Å². The molecular formula is C27H33N5O3. The summed E-state index contributed by atoms with van der Waals surface area (Å²) >= 11 is 0. The maximum absolute atomic E-state index is 13.3. The average molecular weight is 476 g/mol. The summed E-state index contributed by atoms with van der Waals surface area (Å²) in [5.74, 6) is 1.07. The molecule has 1 aliphatic carbocycles. The highest BCUT2D eigenvalue weighted by atomic mass is 16.5. The Labute approximate surface area is 205 Å². The summed E-state index contributed by atoms with van der Waals surface area (Å²) in [6, 6.07) is 12.1. The summed E-state index contributed by atoms with van der Waals surface area (Å²) in [5, 5.41) is 8.46. The van der Waals surface area contributed by atoms with Crippen LogP contribution in [0, 0.1) is 5.92 Å². The van der Waals surface area contributed by atoms with Gasteiger partial charge in [0.25, 0.3) is 11.8 Å². The molecule has 35 heavy (non-hydrogen) atoms. The molecule has 1 aromatic carbocycles. The molecule has 8 nitrogen and oxygen atoms in total. The summed E-state index contributed by atoms with van der Waals surface area (Å²) < 4.78 is 7.13. The van der Waals surface area contributed by atoms with Crippen LogP contribution >= 0.6 is 0 Å². The van der Waals surface area contributed by atoms with Gasteiger partial charge >= 0.3 is 0 Å². The number of aromatic nitrogens is 3. The first-order chi connectivity index (χ1) is 17.0. The molecule has 2 amide bonds. The van der Waals surface area contributed by atoms with Crippen molar-refractivity contribution in [1.29, 1.82) is 0 Å². The first-order valence-corrected chi connectivity index (χ1v) is 12.6. The number of piperidine rings is 1. The van der Waals surface area contributed by atoms with Crippen LogP contribution in [0.5, 0.6) is 0 Å². The molecule has 1 aliphatic heterocycles. The lowest BCUT2D eigenvalue weighted by Gasteiger charge is -2.40. The van der Waals surface area contributed by atoms with Gasteiger partial charge in [-0.25, -0.2) is 0 Å². The lowest BCUT2D eigenvalue weighted by molar-refractivity contribution is 0.0513. The van der Waals surface area contributed by atoms with Crippen molar-refractivity contribution in [3.05, 3.63) is 70.9 Å². The summed E-state index contributed by atoms with van der Waals surface area (Å²) in [4.78, 5) is 30.3. The summed E-state index contributed by atoms with van der Waals surface area (Å²) in [6.45, 7) is 1.31. The normalized spacial score (nSPS) is 17.1. The second-order valence-corrected chi connectivity index (χ2v) is 9.82. The molecule has 5 rings (SSSR count). The lowest BCUT2D eigenvalue weighted by Crippen LogP contribution is -2.48. The van der Waals surface area contributed by atoms with Gasteiger partial charge in [0, 0.05) is 51.4 Å². The molecular weight excluding hydrogens is 442 g/mol. The third-order valence-electron chi connectivity index (χ3n) is 7.56. The fourth-order valence-electron chi connectivity index (χ4n) is 5.53. The second kappa shape index (κ2) is 10.1. The van der Waals surface area contributed by atoms with Gasteiger partial charge in [-0.1, -0.05) is 35.5 Å². The molecule has 1 atom stereocenters. The Morgan fingerprint density at radius 3 is 2.57 bits per heavy atom. The van der Waals surface area contributed by atoms with E-state index in [0.717, 1.165) is 56.3 Å². The zero-order chi connectivity index (χ0) is 24.4. The molecule has 0 radical (unpaired) electrons. The van der Waals surface area contributed by atoms with Crippen molar-refractivity contribution < 1.29 is 14.1 Å². The largest absolute Gasteiger partial charge is 0.360 e. The monoisotopic (exact) mass is 475 g/mol. The van der Waals surface area contributed by atoms with E-state index in [4.69, 9.17) is 4.52 Å². The molecule has 1 saturated heterocycles. The zero-order valence-electron chi connectivity index (χ0n) is 20.5. The zero-order valence-corrected chi connectivity index (χ0v) is 20.5. The lowest BCUT2D eigenvalue weighted by atomic mass is 9.84. The number of aryl methyl sites for hydroxylation is 2. The maximum Gasteiger partial charge on any atom is 0.276 e. The first-order valence-electron chi connectivity index (χ1n) is 12.6. The van der Waals surface area contributed by atoms with Gasteiger partial charge in [0.2, 0.25) is 0 Å². The van der Waals surface area contributed by atoms with Crippen LogP contribution in [-0.4, -0.2) is 62.7 Å². The molecule has 0 unspecified atom stereocenters. The Hall–Kier alpha value is -3.42.